The lowest BCUT2D eigenvalue weighted by Crippen LogP contribution is -2.42. The highest BCUT2D eigenvalue weighted by atomic mass is 16.5. The Morgan fingerprint density at radius 2 is 1.79 bits per heavy atom. The van der Waals surface area contributed by atoms with E-state index in [9.17, 15) is 9.59 Å². The maximum Gasteiger partial charge on any atom is 0.243 e. The first-order valence-electron chi connectivity index (χ1n) is 9.78. The molecule has 29 heavy (non-hydrogen) atoms. The standard InChI is InChI=1S/C22H26N4O3/c1-3-23-21(27)14-25(4-2)22(28)15-26-19-13-9-8-12-18(19)24-20(26)16-29-17-10-6-5-7-11-17/h5-13H,3-4,14-16H2,1-2H3,(H,23,27). The van der Waals surface area contributed by atoms with Crippen molar-refractivity contribution in [2.45, 2.75) is 27.0 Å². The zero-order valence-corrected chi connectivity index (χ0v) is 16.8. The second-order valence-corrected chi connectivity index (χ2v) is 6.57. The second-order valence-electron chi connectivity index (χ2n) is 6.57. The number of benzene rings is 2. The predicted octanol–water partition coefficient (Wildman–Crippen LogP) is 2.60. The van der Waals surface area contributed by atoms with Crippen molar-refractivity contribution in [3.8, 4) is 5.75 Å². The van der Waals surface area contributed by atoms with Gasteiger partial charge in [-0.05, 0) is 38.1 Å². The first-order valence-corrected chi connectivity index (χ1v) is 9.78. The minimum absolute atomic E-state index is 0.0473. The molecule has 0 atom stereocenters. The van der Waals surface area contributed by atoms with Crippen LogP contribution in [0.3, 0.4) is 0 Å². The van der Waals surface area contributed by atoms with Crippen LogP contribution in [0.5, 0.6) is 5.75 Å². The van der Waals surface area contributed by atoms with Crippen LogP contribution in [-0.4, -0.2) is 45.9 Å². The fourth-order valence-electron chi connectivity index (χ4n) is 3.11. The Bertz CT molecular complexity index is 969. The highest BCUT2D eigenvalue weighted by Crippen LogP contribution is 2.18. The Morgan fingerprint density at radius 3 is 2.52 bits per heavy atom. The molecule has 0 aliphatic rings. The van der Waals surface area contributed by atoms with Crippen LogP contribution in [0.2, 0.25) is 0 Å². The molecular formula is C22H26N4O3. The summed E-state index contributed by atoms with van der Waals surface area (Å²) >= 11 is 0. The number of para-hydroxylation sites is 3. The maximum atomic E-state index is 12.9. The van der Waals surface area contributed by atoms with E-state index >= 15 is 0 Å². The van der Waals surface area contributed by atoms with Crippen molar-refractivity contribution in [1.29, 1.82) is 0 Å². The number of nitrogens with one attached hydrogen (secondary N) is 1. The van der Waals surface area contributed by atoms with Crippen LogP contribution in [0.4, 0.5) is 0 Å². The van der Waals surface area contributed by atoms with Crippen molar-refractivity contribution in [1.82, 2.24) is 19.8 Å². The van der Waals surface area contributed by atoms with Crippen LogP contribution < -0.4 is 10.1 Å². The molecule has 0 saturated heterocycles. The number of aromatic nitrogens is 2. The molecule has 2 amide bonds. The summed E-state index contributed by atoms with van der Waals surface area (Å²) in [6, 6.07) is 17.2. The Kier molecular flexibility index (Phi) is 6.84. The number of nitrogens with zero attached hydrogens (tertiary/aromatic N) is 3. The summed E-state index contributed by atoms with van der Waals surface area (Å²) in [6.07, 6.45) is 0. The first-order chi connectivity index (χ1) is 14.1. The van der Waals surface area contributed by atoms with Crippen molar-refractivity contribution < 1.29 is 14.3 Å². The second kappa shape index (κ2) is 9.73. The highest BCUT2D eigenvalue weighted by Gasteiger charge is 2.19. The van der Waals surface area contributed by atoms with Gasteiger partial charge in [0, 0.05) is 13.1 Å². The minimum Gasteiger partial charge on any atom is -0.486 e. The molecule has 1 N–H and O–H groups in total. The molecule has 0 fully saturated rings. The van der Waals surface area contributed by atoms with E-state index in [1.54, 1.807) is 4.90 Å². The molecular weight excluding hydrogens is 368 g/mol. The number of rotatable bonds is 9. The number of ether oxygens (including phenoxy) is 1. The average molecular weight is 394 g/mol. The van der Waals surface area contributed by atoms with E-state index in [4.69, 9.17) is 4.74 Å². The summed E-state index contributed by atoms with van der Waals surface area (Å²) in [5.74, 6) is 1.11. The van der Waals surface area contributed by atoms with Crippen LogP contribution >= 0.6 is 0 Å². The third-order valence-electron chi connectivity index (χ3n) is 4.58. The Labute approximate surface area is 170 Å². The molecule has 7 heteroatoms. The number of amides is 2. The van der Waals surface area contributed by atoms with Crippen molar-refractivity contribution >= 4 is 22.8 Å². The predicted molar refractivity (Wildman–Crippen MR) is 111 cm³/mol. The molecule has 152 valence electrons. The number of carbonyl (C=O) groups is 2. The minimum atomic E-state index is -0.161. The van der Waals surface area contributed by atoms with Gasteiger partial charge in [0.1, 0.15) is 24.7 Å². The van der Waals surface area contributed by atoms with E-state index in [1.165, 1.54) is 0 Å². The van der Waals surface area contributed by atoms with Crippen molar-refractivity contribution in [3.63, 3.8) is 0 Å². The van der Waals surface area contributed by atoms with E-state index < -0.39 is 0 Å². The van der Waals surface area contributed by atoms with Crippen LogP contribution in [0.15, 0.2) is 54.6 Å². The molecule has 0 saturated carbocycles. The summed E-state index contributed by atoms with van der Waals surface area (Å²) in [4.78, 5) is 31.0. The molecule has 0 aliphatic carbocycles. The van der Waals surface area contributed by atoms with Gasteiger partial charge in [0.05, 0.1) is 17.6 Å². The monoisotopic (exact) mass is 394 g/mol. The van der Waals surface area contributed by atoms with E-state index in [0.717, 1.165) is 16.8 Å². The SMILES string of the molecule is CCNC(=O)CN(CC)C(=O)Cn1c(COc2ccccc2)nc2ccccc21. The fourth-order valence-corrected chi connectivity index (χ4v) is 3.11. The van der Waals surface area contributed by atoms with Crippen molar-refractivity contribution in [2.24, 2.45) is 0 Å². The van der Waals surface area contributed by atoms with Gasteiger partial charge in [0.15, 0.2) is 0 Å². The van der Waals surface area contributed by atoms with Crippen LogP contribution in [-0.2, 0) is 22.7 Å². The Balaban J connectivity index is 1.81. The molecule has 0 bridgehead atoms. The number of carbonyl (C=O) groups excluding carboxylic acids is 2. The molecule has 0 aliphatic heterocycles. The quantitative estimate of drug-likeness (QED) is 0.605. The summed E-state index contributed by atoms with van der Waals surface area (Å²) in [6.45, 7) is 5.10. The number of fused-ring (bicyclic) bond motifs is 1. The van der Waals surface area contributed by atoms with Gasteiger partial charge in [-0.3, -0.25) is 9.59 Å². The zero-order valence-electron chi connectivity index (χ0n) is 16.8. The first kappa shape index (κ1) is 20.4. The molecule has 3 aromatic rings. The number of likely N-dealkylation sites (N-methyl/N-ethyl adjacent to an activating group) is 2. The van der Waals surface area contributed by atoms with E-state index in [0.29, 0.717) is 18.9 Å². The van der Waals surface area contributed by atoms with Crippen molar-refractivity contribution in [2.75, 3.05) is 19.6 Å². The van der Waals surface area contributed by atoms with Crippen molar-refractivity contribution in [3.05, 3.63) is 60.4 Å². The summed E-state index contributed by atoms with van der Waals surface area (Å²) in [5, 5.41) is 2.73. The zero-order chi connectivity index (χ0) is 20.6. The van der Waals surface area contributed by atoms with Crippen LogP contribution in [0, 0.1) is 0 Å². The third kappa shape index (κ3) is 5.13. The van der Waals surface area contributed by atoms with Gasteiger partial charge < -0.3 is 19.5 Å². The summed E-state index contributed by atoms with van der Waals surface area (Å²) < 4.78 is 7.72. The summed E-state index contributed by atoms with van der Waals surface area (Å²) in [5.41, 5.74) is 1.67. The molecule has 3 rings (SSSR count). The molecule has 7 nitrogen and oxygen atoms in total. The third-order valence-corrected chi connectivity index (χ3v) is 4.58. The average Bonchev–Trinajstić information content (AvgIpc) is 3.09. The Hall–Kier alpha value is -3.35. The molecule has 1 heterocycles. The molecule has 1 aromatic heterocycles. The van der Waals surface area contributed by atoms with Gasteiger partial charge in [-0.2, -0.15) is 0 Å². The number of hydrogen-bond donors (Lipinski definition) is 1. The molecule has 2 aromatic carbocycles. The van der Waals surface area contributed by atoms with Gasteiger partial charge in [-0.25, -0.2) is 4.98 Å². The topological polar surface area (TPSA) is 76.5 Å². The number of hydrogen-bond acceptors (Lipinski definition) is 4. The van der Waals surface area contributed by atoms with Crippen LogP contribution in [0.1, 0.15) is 19.7 Å². The van der Waals surface area contributed by atoms with Gasteiger partial charge in [-0.15, -0.1) is 0 Å². The smallest absolute Gasteiger partial charge is 0.243 e. The lowest BCUT2D eigenvalue weighted by atomic mass is 10.3. The van der Waals surface area contributed by atoms with Gasteiger partial charge in [0.25, 0.3) is 0 Å². The molecule has 0 spiro atoms. The molecule has 0 radical (unpaired) electrons. The van der Waals surface area contributed by atoms with E-state index in [2.05, 4.69) is 10.3 Å². The van der Waals surface area contributed by atoms with Crippen LogP contribution in [0.25, 0.3) is 11.0 Å². The van der Waals surface area contributed by atoms with E-state index in [-0.39, 0.29) is 31.5 Å². The lowest BCUT2D eigenvalue weighted by Gasteiger charge is -2.21. The Morgan fingerprint density at radius 1 is 1.07 bits per heavy atom. The molecule has 0 unspecified atom stereocenters. The maximum absolute atomic E-state index is 12.9. The normalized spacial score (nSPS) is 10.7. The van der Waals surface area contributed by atoms with Gasteiger partial charge >= 0.3 is 0 Å². The number of imidazole rings is 1. The van der Waals surface area contributed by atoms with Gasteiger partial charge in [0.2, 0.25) is 11.8 Å². The fraction of sp³-hybridized carbons (Fsp3) is 0.318. The lowest BCUT2D eigenvalue weighted by molar-refractivity contribution is -0.136. The summed E-state index contributed by atoms with van der Waals surface area (Å²) in [7, 11) is 0. The van der Waals surface area contributed by atoms with Gasteiger partial charge in [-0.1, -0.05) is 30.3 Å². The largest absolute Gasteiger partial charge is 0.486 e. The van der Waals surface area contributed by atoms with E-state index in [1.807, 2.05) is 73.0 Å². The highest BCUT2D eigenvalue weighted by molar-refractivity contribution is 5.86.